The summed E-state index contributed by atoms with van der Waals surface area (Å²) in [4.78, 5) is 19.5. The van der Waals surface area contributed by atoms with Crippen molar-refractivity contribution in [2.45, 2.75) is 12.8 Å². The summed E-state index contributed by atoms with van der Waals surface area (Å²) in [5.41, 5.74) is 0.969. The quantitative estimate of drug-likeness (QED) is 0.673. The Morgan fingerprint density at radius 3 is 2.90 bits per heavy atom. The number of anilines is 2. The van der Waals surface area contributed by atoms with Crippen LogP contribution in [0.3, 0.4) is 0 Å². The Kier molecular flexibility index (Phi) is 5.53. The van der Waals surface area contributed by atoms with Gasteiger partial charge in [0.25, 0.3) is 0 Å². The van der Waals surface area contributed by atoms with E-state index < -0.39 is 0 Å². The molecule has 1 aromatic heterocycles. The number of benzene rings is 2. The monoisotopic (exact) mass is 415 g/mol. The second-order valence-electron chi connectivity index (χ2n) is 6.92. The van der Waals surface area contributed by atoms with Crippen molar-refractivity contribution in [1.82, 2.24) is 4.98 Å². The second kappa shape index (κ2) is 8.24. The normalized spacial score (nSPS) is 16.7. The van der Waals surface area contributed by atoms with Gasteiger partial charge in [-0.05, 0) is 37.1 Å². The summed E-state index contributed by atoms with van der Waals surface area (Å²) in [7, 11) is 3.14. The van der Waals surface area contributed by atoms with Gasteiger partial charge in [0.05, 0.1) is 30.5 Å². The second-order valence-corrected chi connectivity index (χ2v) is 7.93. The van der Waals surface area contributed by atoms with Crippen LogP contribution < -0.4 is 19.7 Å². The fraction of sp³-hybridized carbons (Fsp3) is 0.333. The number of aromatic nitrogens is 1. The van der Waals surface area contributed by atoms with Crippen LogP contribution in [0.5, 0.6) is 11.5 Å². The van der Waals surface area contributed by atoms with Gasteiger partial charge in [0.1, 0.15) is 22.8 Å². The average Bonchev–Trinajstić information content (AvgIpc) is 3.19. The molecule has 2 heterocycles. The number of piperidine rings is 1. The highest BCUT2D eigenvalue weighted by Gasteiger charge is 2.28. The number of nitrogens with zero attached hydrogens (tertiary/aromatic N) is 2. The Morgan fingerprint density at radius 1 is 1.28 bits per heavy atom. The number of nitrogens with one attached hydrogen (secondary N) is 1. The summed E-state index contributed by atoms with van der Waals surface area (Å²) < 4.78 is 25.4. The van der Waals surface area contributed by atoms with Gasteiger partial charge in [0.2, 0.25) is 5.91 Å². The zero-order valence-electron chi connectivity index (χ0n) is 16.3. The summed E-state index contributed by atoms with van der Waals surface area (Å²) in [6.45, 7) is 1.34. The molecule has 4 rings (SSSR count). The molecule has 0 spiro atoms. The van der Waals surface area contributed by atoms with Gasteiger partial charge in [0.15, 0.2) is 5.13 Å². The molecule has 0 aliphatic carbocycles. The van der Waals surface area contributed by atoms with Crippen molar-refractivity contribution in [3.8, 4) is 11.5 Å². The number of carbonyl (C=O) groups is 1. The number of fused-ring (bicyclic) bond motifs is 1. The van der Waals surface area contributed by atoms with Gasteiger partial charge >= 0.3 is 0 Å². The predicted octanol–water partition coefficient (Wildman–Crippen LogP) is 4.31. The van der Waals surface area contributed by atoms with E-state index in [1.165, 1.54) is 17.4 Å². The number of carbonyl (C=O) groups excluding carboxylic acids is 1. The van der Waals surface area contributed by atoms with Crippen LogP contribution in [0.4, 0.5) is 15.2 Å². The third-order valence-electron chi connectivity index (χ3n) is 5.09. The number of rotatable bonds is 5. The standard InChI is InChI=1S/C21H22FN3O3S/c1-27-14-8-9-17(28-2)16(11-14)23-20(26)13-5-4-10-25(12-13)21-24-19-15(22)6-3-7-18(19)29-21/h3,6-9,11,13H,4-5,10,12H2,1-2H3,(H,23,26). The lowest BCUT2D eigenvalue weighted by atomic mass is 9.97. The Bertz CT molecular complexity index is 1040. The largest absolute Gasteiger partial charge is 0.497 e. The minimum absolute atomic E-state index is 0.0754. The van der Waals surface area contributed by atoms with Crippen LogP contribution in [0, 0.1) is 11.7 Å². The molecule has 1 aliphatic heterocycles. The molecule has 3 aromatic rings. The van der Waals surface area contributed by atoms with Crippen LogP contribution in [0.15, 0.2) is 36.4 Å². The Hall–Kier alpha value is -2.87. The topological polar surface area (TPSA) is 63.7 Å². The van der Waals surface area contributed by atoms with Gasteiger partial charge in [-0.2, -0.15) is 0 Å². The molecule has 0 radical (unpaired) electrons. The van der Waals surface area contributed by atoms with Gasteiger partial charge in [-0.15, -0.1) is 0 Å². The number of para-hydroxylation sites is 1. The molecule has 1 saturated heterocycles. The molecule has 152 valence electrons. The molecule has 6 nitrogen and oxygen atoms in total. The fourth-order valence-corrected chi connectivity index (χ4v) is 4.56. The van der Waals surface area contributed by atoms with E-state index in [4.69, 9.17) is 9.47 Å². The van der Waals surface area contributed by atoms with E-state index in [2.05, 4.69) is 15.2 Å². The highest BCUT2D eigenvalue weighted by atomic mass is 32.1. The number of hydrogen-bond donors (Lipinski definition) is 1. The third kappa shape index (κ3) is 3.98. The zero-order chi connectivity index (χ0) is 20.4. The smallest absolute Gasteiger partial charge is 0.229 e. The van der Waals surface area contributed by atoms with E-state index >= 15 is 0 Å². The highest BCUT2D eigenvalue weighted by Crippen LogP contribution is 2.34. The molecule has 29 heavy (non-hydrogen) atoms. The Balaban J connectivity index is 1.50. The van der Waals surface area contributed by atoms with Gasteiger partial charge in [0, 0.05) is 19.2 Å². The van der Waals surface area contributed by atoms with Crippen LogP contribution >= 0.6 is 11.3 Å². The molecule has 0 bridgehead atoms. The van der Waals surface area contributed by atoms with E-state index in [0.29, 0.717) is 29.2 Å². The van der Waals surface area contributed by atoms with Crippen LogP contribution in [0.2, 0.25) is 0 Å². The van der Waals surface area contributed by atoms with E-state index in [9.17, 15) is 9.18 Å². The summed E-state index contributed by atoms with van der Waals surface area (Å²) in [5, 5.41) is 3.72. The lowest BCUT2D eigenvalue weighted by Crippen LogP contribution is -2.40. The van der Waals surface area contributed by atoms with Crippen molar-refractivity contribution < 1.29 is 18.7 Å². The fourth-order valence-electron chi connectivity index (χ4n) is 3.55. The first-order valence-corrected chi connectivity index (χ1v) is 10.2. The number of methoxy groups -OCH3 is 2. The van der Waals surface area contributed by atoms with Crippen molar-refractivity contribution >= 4 is 38.3 Å². The van der Waals surface area contributed by atoms with Crippen molar-refractivity contribution in [2.75, 3.05) is 37.5 Å². The molecule has 8 heteroatoms. The van der Waals surface area contributed by atoms with Crippen LogP contribution in [0.25, 0.3) is 10.2 Å². The molecular formula is C21H22FN3O3S. The number of hydrogen-bond acceptors (Lipinski definition) is 6. The minimum Gasteiger partial charge on any atom is -0.497 e. The van der Waals surface area contributed by atoms with Gasteiger partial charge in [-0.25, -0.2) is 9.37 Å². The van der Waals surface area contributed by atoms with Crippen molar-refractivity contribution in [3.63, 3.8) is 0 Å². The van der Waals surface area contributed by atoms with Crippen LogP contribution in [-0.4, -0.2) is 38.2 Å². The minimum atomic E-state index is -0.318. The van der Waals surface area contributed by atoms with E-state index in [-0.39, 0.29) is 17.6 Å². The van der Waals surface area contributed by atoms with Gasteiger partial charge in [-0.1, -0.05) is 17.4 Å². The molecule has 2 aromatic carbocycles. The lowest BCUT2D eigenvalue weighted by Gasteiger charge is -2.31. The Morgan fingerprint density at radius 2 is 2.14 bits per heavy atom. The molecule has 1 aliphatic rings. The number of thiazole rings is 1. The first-order chi connectivity index (χ1) is 14.1. The van der Waals surface area contributed by atoms with Crippen LogP contribution in [-0.2, 0) is 4.79 Å². The maximum absolute atomic E-state index is 14.0. The maximum Gasteiger partial charge on any atom is 0.229 e. The summed E-state index contributed by atoms with van der Waals surface area (Å²) in [5.74, 6) is 0.628. The Labute approximate surface area is 172 Å². The average molecular weight is 415 g/mol. The molecule has 1 amide bonds. The van der Waals surface area contributed by atoms with Crippen molar-refractivity contribution in [1.29, 1.82) is 0 Å². The highest BCUT2D eigenvalue weighted by molar-refractivity contribution is 7.22. The summed E-state index contributed by atoms with van der Waals surface area (Å²) in [6, 6.07) is 10.3. The first-order valence-electron chi connectivity index (χ1n) is 9.42. The number of amides is 1. The molecule has 1 unspecified atom stereocenters. The number of ether oxygens (including phenoxy) is 2. The van der Waals surface area contributed by atoms with Gasteiger partial charge in [-0.3, -0.25) is 4.79 Å². The molecule has 1 fully saturated rings. The van der Waals surface area contributed by atoms with E-state index in [0.717, 1.165) is 29.2 Å². The molecule has 1 atom stereocenters. The zero-order valence-corrected chi connectivity index (χ0v) is 17.1. The number of halogens is 1. The lowest BCUT2D eigenvalue weighted by molar-refractivity contribution is -0.120. The van der Waals surface area contributed by atoms with Crippen LogP contribution in [0.1, 0.15) is 12.8 Å². The maximum atomic E-state index is 14.0. The van der Waals surface area contributed by atoms with Crippen molar-refractivity contribution in [2.24, 2.45) is 5.92 Å². The van der Waals surface area contributed by atoms with Gasteiger partial charge < -0.3 is 19.7 Å². The first kappa shape index (κ1) is 19.4. The summed E-state index contributed by atoms with van der Waals surface area (Å²) >= 11 is 1.45. The predicted molar refractivity (Wildman–Crippen MR) is 113 cm³/mol. The molecular weight excluding hydrogens is 393 g/mol. The SMILES string of the molecule is COc1ccc(OC)c(NC(=O)C2CCCN(c3nc4c(F)cccc4s3)C2)c1. The summed E-state index contributed by atoms with van der Waals surface area (Å²) in [6.07, 6.45) is 1.65. The molecule has 1 N–H and O–H groups in total. The third-order valence-corrected chi connectivity index (χ3v) is 6.17. The molecule has 0 saturated carbocycles. The van der Waals surface area contributed by atoms with E-state index in [1.54, 1.807) is 38.5 Å². The van der Waals surface area contributed by atoms with Crippen molar-refractivity contribution in [3.05, 3.63) is 42.2 Å². The van der Waals surface area contributed by atoms with E-state index in [1.807, 2.05) is 6.07 Å².